The number of nitrogens with one attached hydrogen (secondary N) is 2. The number of aromatic nitrogens is 1. The van der Waals surface area contributed by atoms with Crippen molar-refractivity contribution < 1.29 is 9.59 Å². The summed E-state index contributed by atoms with van der Waals surface area (Å²) in [6.45, 7) is 2.98. The maximum absolute atomic E-state index is 12.7. The number of hydrogen-bond acceptors (Lipinski definition) is 3. The van der Waals surface area contributed by atoms with Crippen LogP contribution >= 0.6 is 0 Å². The van der Waals surface area contributed by atoms with Crippen molar-refractivity contribution in [3.8, 4) is 0 Å². The van der Waals surface area contributed by atoms with E-state index in [0.717, 1.165) is 16.7 Å². The number of nitrogens with zero attached hydrogens (tertiary/aromatic N) is 1. The molecule has 1 aromatic heterocycles. The highest BCUT2D eigenvalue weighted by molar-refractivity contribution is 5.94. The lowest BCUT2D eigenvalue weighted by Gasteiger charge is -2.10. The van der Waals surface area contributed by atoms with Crippen LogP contribution < -0.4 is 16.2 Å². The molecule has 30 heavy (non-hydrogen) atoms. The number of rotatable bonds is 8. The molecular weight excluding hydrogens is 378 g/mol. The molecule has 0 unspecified atom stereocenters. The summed E-state index contributed by atoms with van der Waals surface area (Å²) in [6.07, 6.45) is 1.81. The van der Waals surface area contributed by atoms with Crippen LogP contribution in [0.5, 0.6) is 0 Å². The monoisotopic (exact) mass is 403 g/mol. The van der Waals surface area contributed by atoms with E-state index in [0.29, 0.717) is 13.1 Å². The van der Waals surface area contributed by atoms with Crippen LogP contribution in [0.4, 0.5) is 0 Å². The van der Waals surface area contributed by atoms with Gasteiger partial charge in [-0.05, 0) is 30.2 Å². The predicted octanol–water partition coefficient (Wildman–Crippen LogP) is 2.64. The van der Waals surface area contributed by atoms with Crippen molar-refractivity contribution >= 4 is 11.8 Å². The third-order valence-electron chi connectivity index (χ3n) is 4.67. The number of pyridine rings is 1. The normalized spacial score (nSPS) is 10.4. The minimum atomic E-state index is -0.477. The van der Waals surface area contributed by atoms with Gasteiger partial charge in [-0.3, -0.25) is 14.4 Å². The van der Waals surface area contributed by atoms with Crippen LogP contribution in [0.25, 0.3) is 0 Å². The Kier molecular flexibility index (Phi) is 7.16. The maximum atomic E-state index is 12.7. The van der Waals surface area contributed by atoms with Gasteiger partial charge in [-0.25, -0.2) is 0 Å². The molecule has 1 heterocycles. The quantitative estimate of drug-likeness (QED) is 0.607. The molecule has 0 aliphatic heterocycles. The Balaban J connectivity index is 1.52. The van der Waals surface area contributed by atoms with E-state index >= 15 is 0 Å². The highest BCUT2D eigenvalue weighted by Gasteiger charge is 2.12. The Morgan fingerprint density at radius 2 is 1.67 bits per heavy atom. The van der Waals surface area contributed by atoms with Gasteiger partial charge in [0, 0.05) is 25.7 Å². The highest BCUT2D eigenvalue weighted by Crippen LogP contribution is 2.05. The predicted molar refractivity (Wildman–Crippen MR) is 116 cm³/mol. The highest BCUT2D eigenvalue weighted by atomic mass is 16.2. The van der Waals surface area contributed by atoms with Crippen LogP contribution in [-0.2, 0) is 17.9 Å². The molecule has 3 aromatic rings. The number of amides is 2. The van der Waals surface area contributed by atoms with Gasteiger partial charge in [0.1, 0.15) is 5.56 Å². The number of aryl methyl sites for hydroxylation is 1. The van der Waals surface area contributed by atoms with Crippen LogP contribution in [-0.4, -0.2) is 22.9 Å². The molecular formula is C24H25N3O3. The van der Waals surface area contributed by atoms with E-state index in [1.165, 1.54) is 10.6 Å². The Morgan fingerprint density at radius 3 is 2.43 bits per heavy atom. The molecule has 6 heteroatoms. The second-order valence-corrected chi connectivity index (χ2v) is 7.11. The fraction of sp³-hybridized carbons (Fsp3) is 0.208. The molecule has 2 amide bonds. The van der Waals surface area contributed by atoms with Crippen LogP contribution in [0.3, 0.4) is 0 Å². The average molecular weight is 403 g/mol. The van der Waals surface area contributed by atoms with Gasteiger partial charge < -0.3 is 15.2 Å². The molecule has 154 valence electrons. The average Bonchev–Trinajstić information content (AvgIpc) is 2.74. The minimum Gasteiger partial charge on any atom is -0.352 e. The van der Waals surface area contributed by atoms with Gasteiger partial charge in [-0.15, -0.1) is 0 Å². The summed E-state index contributed by atoms with van der Waals surface area (Å²) in [5, 5.41) is 5.46. The van der Waals surface area contributed by atoms with E-state index < -0.39 is 5.91 Å². The first kappa shape index (κ1) is 21.0. The van der Waals surface area contributed by atoms with Crippen molar-refractivity contribution in [2.45, 2.75) is 26.4 Å². The summed E-state index contributed by atoms with van der Waals surface area (Å²) in [6, 6.07) is 20.7. The molecule has 0 bridgehead atoms. The van der Waals surface area contributed by atoms with Gasteiger partial charge in [-0.2, -0.15) is 0 Å². The van der Waals surface area contributed by atoms with Gasteiger partial charge in [0.05, 0.1) is 6.54 Å². The number of carbonyl (C=O) groups is 2. The zero-order valence-corrected chi connectivity index (χ0v) is 16.9. The van der Waals surface area contributed by atoms with E-state index in [2.05, 4.69) is 10.6 Å². The van der Waals surface area contributed by atoms with Crippen molar-refractivity contribution in [1.82, 2.24) is 15.2 Å². The molecule has 0 aliphatic carbocycles. The number of hydrogen-bond donors (Lipinski definition) is 2. The molecule has 0 spiro atoms. The Bertz CT molecular complexity index is 1070. The van der Waals surface area contributed by atoms with Gasteiger partial charge in [0.2, 0.25) is 5.91 Å². The summed E-state index contributed by atoms with van der Waals surface area (Å²) in [4.78, 5) is 37.1. The lowest BCUT2D eigenvalue weighted by molar-refractivity contribution is -0.121. The molecule has 3 rings (SSSR count). The zero-order chi connectivity index (χ0) is 21.3. The van der Waals surface area contributed by atoms with E-state index in [-0.39, 0.29) is 30.0 Å². The van der Waals surface area contributed by atoms with E-state index in [9.17, 15) is 14.4 Å². The van der Waals surface area contributed by atoms with E-state index in [4.69, 9.17) is 0 Å². The maximum Gasteiger partial charge on any atom is 0.263 e. The van der Waals surface area contributed by atoms with E-state index in [1.807, 2.05) is 61.5 Å². The van der Waals surface area contributed by atoms with Crippen LogP contribution in [0.1, 0.15) is 33.5 Å². The third kappa shape index (κ3) is 5.91. The lowest BCUT2D eigenvalue weighted by atomic mass is 10.1. The molecule has 0 aliphatic rings. The van der Waals surface area contributed by atoms with Crippen molar-refractivity contribution in [3.63, 3.8) is 0 Å². The number of carbonyl (C=O) groups excluding carboxylic acids is 2. The smallest absolute Gasteiger partial charge is 0.263 e. The lowest BCUT2D eigenvalue weighted by Crippen LogP contribution is -2.35. The third-order valence-corrected chi connectivity index (χ3v) is 4.67. The zero-order valence-electron chi connectivity index (χ0n) is 16.9. The van der Waals surface area contributed by atoms with Crippen molar-refractivity contribution in [2.24, 2.45) is 0 Å². The molecule has 0 saturated carbocycles. The Labute approximate surface area is 175 Å². The summed E-state index contributed by atoms with van der Waals surface area (Å²) in [5.41, 5.74) is 2.82. The number of benzene rings is 2. The fourth-order valence-corrected chi connectivity index (χ4v) is 3.11. The second kappa shape index (κ2) is 10.2. The van der Waals surface area contributed by atoms with Crippen molar-refractivity contribution in [2.75, 3.05) is 6.54 Å². The molecule has 2 aromatic carbocycles. The Hall–Kier alpha value is -3.67. The fourth-order valence-electron chi connectivity index (χ4n) is 3.11. The minimum absolute atomic E-state index is 0.0647. The van der Waals surface area contributed by atoms with Gasteiger partial charge in [0.15, 0.2) is 0 Å². The SMILES string of the molecule is Cc1cccc(Cn2cccc(C(=O)NCCC(=O)NCc3ccccc3)c2=O)c1. The Morgan fingerprint density at radius 1 is 0.900 bits per heavy atom. The summed E-state index contributed by atoms with van der Waals surface area (Å²) in [5.74, 6) is -0.640. The topological polar surface area (TPSA) is 80.2 Å². The standard InChI is InChI=1S/C24H25N3O3/c1-18-7-5-10-20(15-18)17-27-14-6-11-21(24(27)30)23(29)25-13-12-22(28)26-16-19-8-3-2-4-9-19/h2-11,14-15H,12-13,16-17H2,1H3,(H,25,29)(H,26,28). The molecule has 0 saturated heterocycles. The van der Waals surface area contributed by atoms with Crippen LogP contribution in [0, 0.1) is 6.92 Å². The summed E-state index contributed by atoms with van der Waals surface area (Å²) in [7, 11) is 0. The summed E-state index contributed by atoms with van der Waals surface area (Å²) >= 11 is 0. The molecule has 0 radical (unpaired) electrons. The molecule has 2 N–H and O–H groups in total. The first-order chi connectivity index (χ1) is 14.5. The second-order valence-electron chi connectivity index (χ2n) is 7.11. The van der Waals surface area contributed by atoms with Gasteiger partial charge in [0.25, 0.3) is 11.5 Å². The van der Waals surface area contributed by atoms with E-state index in [1.54, 1.807) is 12.3 Å². The van der Waals surface area contributed by atoms with Crippen molar-refractivity contribution in [3.05, 3.63) is 106 Å². The first-order valence-corrected chi connectivity index (χ1v) is 9.87. The molecule has 0 fully saturated rings. The van der Waals surface area contributed by atoms with Crippen molar-refractivity contribution in [1.29, 1.82) is 0 Å². The molecule has 0 atom stereocenters. The van der Waals surface area contributed by atoms with Crippen LogP contribution in [0.15, 0.2) is 77.7 Å². The van der Waals surface area contributed by atoms with Gasteiger partial charge >= 0.3 is 0 Å². The first-order valence-electron chi connectivity index (χ1n) is 9.87. The van der Waals surface area contributed by atoms with Gasteiger partial charge in [-0.1, -0.05) is 60.2 Å². The summed E-state index contributed by atoms with van der Waals surface area (Å²) < 4.78 is 1.51. The largest absolute Gasteiger partial charge is 0.352 e. The van der Waals surface area contributed by atoms with Crippen LogP contribution in [0.2, 0.25) is 0 Å². The molecule has 6 nitrogen and oxygen atoms in total.